The third kappa shape index (κ3) is 4.08. The lowest BCUT2D eigenvalue weighted by molar-refractivity contribution is 0.152. The molecular weight excluding hydrogens is 240 g/mol. The minimum Gasteiger partial charge on any atom is -0.312 e. The van der Waals surface area contributed by atoms with Gasteiger partial charge in [-0.3, -0.25) is 4.90 Å². The quantitative estimate of drug-likeness (QED) is 0.776. The zero-order valence-electron chi connectivity index (χ0n) is 11.9. The van der Waals surface area contributed by atoms with Gasteiger partial charge >= 0.3 is 0 Å². The van der Waals surface area contributed by atoms with Gasteiger partial charge in [0.1, 0.15) is 0 Å². The van der Waals surface area contributed by atoms with E-state index in [0.29, 0.717) is 12.0 Å². The maximum atomic E-state index is 3.69. The molecule has 0 aliphatic heterocycles. The molecule has 0 amide bonds. The highest BCUT2D eigenvalue weighted by Gasteiger charge is 2.25. The molecule has 102 valence electrons. The van der Waals surface area contributed by atoms with E-state index in [2.05, 4.69) is 48.5 Å². The number of likely N-dealkylation sites (N-methyl/N-ethyl adjacent to an activating group) is 1. The van der Waals surface area contributed by atoms with E-state index in [1.54, 1.807) is 0 Å². The molecule has 0 spiro atoms. The fourth-order valence-electron chi connectivity index (χ4n) is 2.43. The highest BCUT2D eigenvalue weighted by atomic mass is 32.1. The van der Waals surface area contributed by atoms with Gasteiger partial charge in [0, 0.05) is 30.1 Å². The van der Waals surface area contributed by atoms with Gasteiger partial charge in [-0.15, -0.1) is 11.3 Å². The Morgan fingerprint density at radius 2 is 2.22 bits per heavy atom. The third-order valence-corrected chi connectivity index (χ3v) is 4.64. The van der Waals surface area contributed by atoms with Crippen LogP contribution in [0.25, 0.3) is 0 Å². The van der Waals surface area contributed by atoms with Gasteiger partial charge in [-0.05, 0) is 36.8 Å². The Balaban J connectivity index is 1.91. The largest absolute Gasteiger partial charge is 0.312 e. The molecule has 3 heteroatoms. The van der Waals surface area contributed by atoms with Crippen molar-refractivity contribution in [2.45, 2.75) is 52.2 Å². The van der Waals surface area contributed by atoms with Gasteiger partial charge in [0.15, 0.2) is 0 Å². The van der Waals surface area contributed by atoms with Crippen molar-refractivity contribution in [2.24, 2.45) is 5.92 Å². The minimum atomic E-state index is 0.651. The van der Waals surface area contributed by atoms with Crippen LogP contribution in [0.4, 0.5) is 0 Å². The summed E-state index contributed by atoms with van der Waals surface area (Å²) in [5.41, 5.74) is 0. The fourth-order valence-corrected chi connectivity index (χ4v) is 3.16. The van der Waals surface area contributed by atoms with Gasteiger partial charge in [0.05, 0.1) is 0 Å². The second-order valence-corrected chi connectivity index (χ2v) is 6.67. The first-order valence-electron chi connectivity index (χ1n) is 7.20. The highest BCUT2D eigenvalue weighted by molar-refractivity contribution is 7.09. The van der Waals surface area contributed by atoms with Crippen LogP contribution in [0, 0.1) is 5.92 Å². The summed E-state index contributed by atoms with van der Waals surface area (Å²) in [4.78, 5) is 4.10. The van der Waals surface area contributed by atoms with E-state index < -0.39 is 0 Å². The maximum Gasteiger partial charge on any atom is 0.0331 e. The van der Waals surface area contributed by atoms with E-state index in [-0.39, 0.29) is 0 Å². The van der Waals surface area contributed by atoms with E-state index in [9.17, 15) is 0 Å². The molecule has 1 saturated carbocycles. The molecule has 1 N–H and O–H groups in total. The minimum absolute atomic E-state index is 0.651. The summed E-state index contributed by atoms with van der Waals surface area (Å²) in [6.45, 7) is 10.3. The highest BCUT2D eigenvalue weighted by Crippen LogP contribution is 2.21. The van der Waals surface area contributed by atoms with Crippen molar-refractivity contribution in [1.82, 2.24) is 10.2 Å². The summed E-state index contributed by atoms with van der Waals surface area (Å²) in [5.74, 6) is 0.705. The van der Waals surface area contributed by atoms with Gasteiger partial charge in [0.25, 0.3) is 0 Å². The first-order chi connectivity index (χ1) is 8.70. The number of thiophene rings is 1. The van der Waals surface area contributed by atoms with Crippen molar-refractivity contribution in [1.29, 1.82) is 0 Å². The molecule has 0 bridgehead atoms. The molecule has 1 unspecified atom stereocenters. The number of hydrogen-bond donors (Lipinski definition) is 1. The summed E-state index contributed by atoms with van der Waals surface area (Å²) < 4.78 is 0. The number of rotatable bonds is 8. The van der Waals surface area contributed by atoms with Gasteiger partial charge < -0.3 is 5.32 Å². The van der Waals surface area contributed by atoms with Crippen molar-refractivity contribution in [2.75, 3.05) is 13.1 Å². The van der Waals surface area contributed by atoms with Crippen LogP contribution in [-0.4, -0.2) is 30.1 Å². The third-order valence-electron chi connectivity index (χ3n) is 3.78. The Bertz CT molecular complexity index is 330. The lowest BCUT2D eigenvalue weighted by Gasteiger charge is -2.33. The number of nitrogens with one attached hydrogen (secondary N) is 1. The molecule has 18 heavy (non-hydrogen) atoms. The monoisotopic (exact) mass is 266 g/mol. The smallest absolute Gasteiger partial charge is 0.0331 e. The molecular formula is C15H26N2S. The van der Waals surface area contributed by atoms with Crippen molar-refractivity contribution in [3.05, 3.63) is 22.4 Å². The van der Waals surface area contributed by atoms with Crippen LogP contribution in [-0.2, 0) is 6.54 Å². The summed E-state index contributed by atoms with van der Waals surface area (Å²) >= 11 is 1.87. The fraction of sp³-hybridized carbons (Fsp3) is 0.733. The predicted molar refractivity (Wildman–Crippen MR) is 80.1 cm³/mol. The number of nitrogens with zero attached hydrogens (tertiary/aromatic N) is 1. The molecule has 2 nitrogen and oxygen atoms in total. The first-order valence-corrected chi connectivity index (χ1v) is 8.08. The van der Waals surface area contributed by atoms with Crippen molar-refractivity contribution in [3.8, 4) is 0 Å². The lowest BCUT2D eigenvalue weighted by atomic mass is 10.0. The molecule has 1 aromatic heterocycles. The van der Waals surface area contributed by atoms with Gasteiger partial charge in [0.2, 0.25) is 0 Å². The van der Waals surface area contributed by atoms with Crippen LogP contribution in [0.1, 0.15) is 38.5 Å². The Hall–Kier alpha value is -0.380. The van der Waals surface area contributed by atoms with Crippen molar-refractivity contribution >= 4 is 11.3 Å². The molecule has 1 fully saturated rings. The van der Waals surface area contributed by atoms with Gasteiger partial charge in [-0.1, -0.05) is 26.8 Å². The normalized spacial score (nSPS) is 17.6. The van der Waals surface area contributed by atoms with E-state index in [1.807, 2.05) is 11.3 Å². The van der Waals surface area contributed by atoms with Crippen LogP contribution in [0.15, 0.2) is 17.5 Å². The molecule has 1 aliphatic carbocycles. The van der Waals surface area contributed by atoms with Crippen LogP contribution in [0.5, 0.6) is 0 Å². The summed E-state index contributed by atoms with van der Waals surface area (Å²) in [6.07, 6.45) is 2.75. The average molecular weight is 266 g/mol. The summed E-state index contributed by atoms with van der Waals surface area (Å²) in [7, 11) is 0. The zero-order chi connectivity index (χ0) is 13.0. The zero-order valence-corrected chi connectivity index (χ0v) is 12.7. The molecule has 0 radical (unpaired) electrons. The molecule has 1 aromatic rings. The second-order valence-electron chi connectivity index (χ2n) is 5.64. The topological polar surface area (TPSA) is 15.3 Å². The second kappa shape index (κ2) is 6.69. The molecule has 2 rings (SSSR count). The van der Waals surface area contributed by atoms with E-state index in [4.69, 9.17) is 0 Å². The van der Waals surface area contributed by atoms with E-state index in [1.165, 1.54) is 17.7 Å². The standard InChI is InChI=1S/C15H26N2S/c1-4-17(11-14-6-5-9-18-14)15(12(2)3)10-16-13-7-8-13/h5-6,9,12-13,15-16H,4,7-8,10-11H2,1-3H3. The van der Waals surface area contributed by atoms with Crippen LogP contribution in [0.2, 0.25) is 0 Å². The number of hydrogen-bond acceptors (Lipinski definition) is 3. The Kier molecular flexibility index (Phi) is 5.22. The Morgan fingerprint density at radius 3 is 2.72 bits per heavy atom. The van der Waals surface area contributed by atoms with Crippen LogP contribution >= 0.6 is 11.3 Å². The van der Waals surface area contributed by atoms with Crippen LogP contribution < -0.4 is 5.32 Å². The van der Waals surface area contributed by atoms with Gasteiger partial charge in [-0.25, -0.2) is 0 Å². The van der Waals surface area contributed by atoms with E-state index >= 15 is 0 Å². The van der Waals surface area contributed by atoms with E-state index in [0.717, 1.165) is 25.7 Å². The molecule has 0 saturated heterocycles. The Labute approximate surface area is 115 Å². The van der Waals surface area contributed by atoms with Crippen LogP contribution in [0.3, 0.4) is 0 Å². The molecule has 1 atom stereocenters. The Morgan fingerprint density at radius 1 is 1.44 bits per heavy atom. The average Bonchev–Trinajstić information content (AvgIpc) is 3.03. The predicted octanol–water partition coefficient (Wildman–Crippen LogP) is 3.35. The summed E-state index contributed by atoms with van der Waals surface area (Å²) in [5, 5.41) is 5.87. The molecule has 0 aromatic carbocycles. The van der Waals surface area contributed by atoms with Gasteiger partial charge in [-0.2, -0.15) is 0 Å². The molecule has 1 heterocycles. The van der Waals surface area contributed by atoms with Crippen molar-refractivity contribution in [3.63, 3.8) is 0 Å². The lowest BCUT2D eigenvalue weighted by Crippen LogP contribution is -2.45. The first kappa shape index (κ1) is 14.0. The summed E-state index contributed by atoms with van der Waals surface area (Å²) in [6, 6.07) is 5.86. The maximum absolute atomic E-state index is 3.69. The molecule has 1 aliphatic rings. The SMILES string of the molecule is CCN(Cc1cccs1)C(CNC1CC1)C(C)C. The van der Waals surface area contributed by atoms with Crippen molar-refractivity contribution < 1.29 is 0 Å².